The van der Waals surface area contributed by atoms with E-state index in [-0.39, 0.29) is 29.6 Å². The van der Waals surface area contributed by atoms with E-state index in [0.717, 1.165) is 18.7 Å². The molecule has 4 atom stereocenters. The Morgan fingerprint density at radius 1 is 0.980 bits per heavy atom. The fraction of sp³-hybridized carbons (Fsp3) is 0.472. The van der Waals surface area contributed by atoms with Crippen LogP contribution in [0.2, 0.25) is 5.02 Å². The minimum Gasteiger partial charge on any atom is -0.344 e. The Balaban J connectivity index is 1.63. The van der Waals surface area contributed by atoms with E-state index in [2.05, 4.69) is 25.9 Å². The van der Waals surface area contributed by atoms with Crippen LogP contribution in [0.3, 0.4) is 0 Å². The summed E-state index contributed by atoms with van der Waals surface area (Å²) in [6.07, 6.45) is 2.18. The number of anilines is 1. The molecule has 1 saturated heterocycles. The van der Waals surface area contributed by atoms with Crippen LogP contribution in [0.25, 0.3) is 0 Å². The van der Waals surface area contributed by atoms with E-state index in [0.29, 0.717) is 36.6 Å². The summed E-state index contributed by atoms with van der Waals surface area (Å²) in [6, 6.07) is 12.1. The molecular formula is C36H47ClFN7O4. The van der Waals surface area contributed by atoms with Gasteiger partial charge in [0.2, 0.25) is 11.8 Å². The van der Waals surface area contributed by atoms with Crippen molar-refractivity contribution in [1.29, 1.82) is 0 Å². The van der Waals surface area contributed by atoms with E-state index in [1.807, 2.05) is 20.9 Å². The van der Waals surface area contributed by atoms with Gasteiger partial charge < -0.3 is 25.8 Å². The normalized spacial score (nSPS) is 16.6. The number of rotatable bonds is 13. The molecule has 264 valence electrons. The SMILES string of the molecule is CCC(=O)N[C@@H](C(=O)N1CCN(C)CC1)[C@@H](C)c1ccc(NC(=O)C(C)(NC(=O)c2ccnn2CC)C(CC)c2ccc(Cl)cc2)c(F)c1. The number of nitrogens with zero attached hydrogens (tertiary/aromatic N) is 4. The van der Waals surface area contributed by atoms with Crippen molar-refractivity contribution in [1.82, 2.24) is 30.2 Å². The van der Waals surface area contributed by atoms with Crippen molar-refractivity contribution in [2.45, 2.75) is 77.4 Å². The highest BCUT2D eigenvalue weighted by Crippen LogP contribution is 2.35. The summed E-state index contributed by atoms with van der Waals surface area (Å²) in [5, 5.41) is 13.2. The molecule has 13 heteroatoms. The number of carbonyl (C=O) groups is 4. The van der Waals surface area contributed by atoms with Gasteiger partial charge in [-0.25, -0.2) is 4.39 Å². The number of amides is 4. The smallest absolute Gasteiger partial charge is 0.270 e. The second kappa shape index (κ2) is 16.4. The molecule has 4 amide bonds. The number of hydrogen-bond acceptors (Lipinski definition) is 6. The average Bonchev–Trinajstić information content (AvgIpc) is 3.58. The largest absolute Gasteiger partial charge is 0.344 e. The molecule has 0 saturated carbocycles. The van der Waals surface area contributed by atoms with Crippen molar-refractivity contribution in [2.24, 2.45) is 0 Å². The van der Waals surface area contributed by atoms with Gasteiger partial charge in [0.15, 0.2) is 0 Å². The fourth-order valence-electron chi connectivity index (χ4n) is 6.31. The summed E-state index contributed by atoms with van der Waals surface area (Å²) in [7, 11) is 1.99. The van der Waals surface area contributed by atoms with E-state index >= 15 is 4.39 Å². The van der Waals surface area contributed by atoms with Crippen LogP contribution in [0.5, 0.6) is 0 Å². The summed E-state index contributed by atoms with van der Waals surface area (Å²) in [4.78, 5) is 57.7. The summed E-state index contributed by atoms with van der Waals surface area (Å²) in [5.74, 6) is -3.42. The monoisotopic (exact) mass is 695 g/mol. The van der Waals surface area contributed by atoms with E-state index < -0.39 is 41.0 Å². The van der Waals surface area contributed by atoms with Crippen molar-refractivity contribution in [2.75, 3.05) is 38.5 Å². The Morgan fingerprint density at radius 3 is 2.22 bits per heavy atom. The molecule has 11 nitrogen and oxygen atoms in total. The van der Waals surface area contributed by atoms with Crippen LogP contribution in [0.15, 0.2) is 54.7 Å². The summed E-state index contributed by atoms with van der Waals surface area (Å²) in [5.41, 5.74) is -0.0938. The lowest BCUT2D eigenvalue weighted by Gasteiger charge is -2.37. The van der Waals surface area contributed by atoms with Gasteiger partial charge in [-0.15, -0.1) is 0 Å². The Kier molecular flexibility index (Phi) is 12.6. The number of likely N-dealkylation sites (N-methyl/N-ethyl adjacent to an activating group) is 1. The number of piperazine rings is 1. The molecule has 49 heavy (non-hydrogen) atoms. The molecule has 0 spiro atoms. The summed E-state index contributed by atoms with van der Waals surface area (Å²) >= 11 is 6.15. The van der Waals surface area contributed by atoms with Crippen molar-refractivity contribution in [3.05, 3.63) is 82.4 Å². The third-order valence-corrected chi connectivity index (χ3v) is 9.71. The first kappa shape index (κ1) is 37.5. The first-order valence-electron chi connectivity index (χ1n) is 16.8. The number of aryl methyl sites for hydroxylation is 1. The number of aromatic nitrogens is 2. The number of halogens is 2. The zero-order valence-corrected chi connectivity index (χ0v) is 29.8. The number of carbonyl (C=O) groups excluding carboxylic acids is 4. The third-order valence-electron chi connectivity index (χ3n) is 9.46. The van der Waals surface area contributed by atoms with E-state index in [1.165, 1.54) is 23.0 Å². The summed E-state index contributed by atoms with van der Waals surface area (Å²) in [6.45, 7) is 11.8. The van der Waals surface area contributed by atoms with Crippen LogP contribution >= 0.6 is 11.6 Å². The number of benzene rings is 2. The fourth-order valence-corrected chi connectivity index (χ4v) is 6.44. The van der Waals surface area contributed by atoms with Gasteiger partial charge in [-0.2, -0.15) is 5.10 Å². The van der Waals surface area contributed by atoms with Crippen LogP contribution in [0.4, 0.5) is 10.1 Å². The van der Waals surface area contributed by atoms with Crippen molar-refractivity contribution < 1.29 is 23.6 Å². The molecule has 2 heterocycles. The zero-order chi connectivity index (χ0) is 35.9. The van der Waals surface area contributed by atoms with Crippen LogP contribution in [-0.2, 0) is 20.9 Å². The summed E-state index contributed by atoms with van der Waals surface area (Å²) < 4.78 is 17.4. The third kappa shape index (κ3) is 8.66. The molecule has 1 aliphatic rings. The highest BCUT2D eigenvalue weighted by molar-refractivity contribution is 6.30. The lowest BCUT2D eigenvalue weighted by atomic mass is 9.77. The Morgan fingerprint density at radius 2 is 1.63 bits per heavy atom. The Bertz CT molecular complexity index is 1640. The zero-order valence-electron chi connectivity index (χ0n) is 29.1. The molecule has 4 rings (SSSR count). The standard InChI is InChI=1S/C36H47ClFN7O4/c1-7-27(24-10-13-26(37)14-11-24)36(5,42-33(47)30-16-17-39-45(30)9-3)35(49)40-29-15-12-25(22-28(29)38)23(4)32(41-31(46)8-2)34(48)44-20-18-43(6)19-21-44/h10-17,22-23,27,32H,7-9,18-21H2,1-6H3,(H,40,49)(H,41,46)(H,42,47)/t23-,27?,32+,36?/m0/s1. The van der Waals surface area contributed by atoms with Gasteiger partial charge in [-0.3, -0.25) is 23.9 Å². The topological polar surface area (TPSA) is 129 Å². The highest BCUT2D eigenvalue weighted by Gasteiger charge is 2.44. The number of hydrogen-bond donors (Lipinski definition) is 3. The minimum absolute atomic E-state index is 0.0921. The molecule has 0 aliphatic carbocycles. The van der Waals surface area contributed by atoms with Crippen LogP contribution in [0.1, 0.15) is 80.9 Å². The van der Waals surface area contributed by atoms with E-state index in [1.54, 1.807) is 62.1 Å². The molecule has 0 radical (unpaired) electrons. The van der Waals surface area contributed by atoms with Crippen molar-refractivity contribution in [3.8, 4) is 0 Å². The van der Waals surface area contributed by atoms with Gasteiger partial charge in [-0.1, -0.05) is 50.6 Å². The molecular weight excluding hydrogens is 649 g/mol. The van der Waals surface area contributed by atoms with Crippen LogP contribution < -0.4 is 16.0 Å². The van der Waals surface area contributed by atoms with Gasteiger partial charge in [0.1, 0.15) is 23.1 Å². The molecule has 1 aromatic heterocycles. The predicted octanol–water partition coefficient (Wildman–Crippen LogP) is 4.79. The predicted molar refractivity (Wildman–Crippen MR) is 188 cm³/mol. The van der Waals surface area contributed by atoms with Crippen LogP contribution in [-0.4, -0.2) is 88.0 Å². The minimum atomic E-state index is -1.54. The number of nitrogens with one attached hydrogen (secondary N) is 3. The Labute approximate surface area is 292 Å². The lowest BCUT2D eigenvalue weighted by Crippen LogP contribution is -2.58. The average molecular weight is 696 g/mol. The second-order valence-corrected chi connectivity index (χ2v) is 13.1. The molecule has 2 aromatic carbocycles. The second-order valence-electron chi connectivity index (χ2n) is 12.7. The van der Waals surface area contributed by atoms with Gasteiger partial charge >= 0.3 is 0 Å². The van der Waals surface area contributed by atoms with Crippen molar-refractivity contribution in [3.63, 3.8) is 0 Å². The van der Waals surface area contributed by atoms with Crippen LogP contribution in [0, 0.1) is 5.82 Å². The van der Waals surface area contributed by atoms with Gasteiger partial charge in [0, 0.05) is 62.2 Å². The maximum absolute atomic E-state index is 15.9. The van der Waals surface area contributed by atoms with E-state index in [9.17, 15) is 19.2 Å². The Hall–Kier alpha value is -4.29. The van der Waals surface area contributed by atoms with Gasteiger partial charge in [-0.05, 0) is 68.8 Å². The van der Waals surface area contributed by atoms with Crippen molar-refractivity contribution >= 4 is 40.9 Å². The first-order chi connectivity index (χ1) is 23.3. The maximum atomic E-state index is 15.9. The molecule has 1 fully saturated rings. The molecule has 1 aliphatic heterocycles. The van der Waals surface area contributed by atoms with E-state index in [4.69, 9.17) is 11.6 Å². The maximum Gasteiger partial charge on any atom is 0.270 e. The first-order valence-corrected chi connectivity index (χ1v) is 17.2. The molecule has 2 unspecified atom stereocenters. The molecule has 3 N–H and O–H groups in total. The van der Waals surface area contributed by atoms with Gasteiger partial charge in [0.25, 0.3) is 11.8 Å². The molecule has 3 aromatic rings. The lowest BCUT2D eigenvalue weighted by molar-refractivity contribution is -0.138. The quantitative estimate of drug-likeness (QED) is 0.236. The highest BCUT2D eigenvalue weighted by atomic mass is 35.5. The molecule has 0 bridgehead atoms. The van der Waals surface area contributed by atoms with Gasteiger partial charge in [0.05, 0.1) is 5.69 Å².